The number of rotatable bonds is 7. The summed E-state index contributed by atoms with van der Waals surface area (Å²) in [7, 11) is 0. The van der Waals surface area contributed by atoms with Crippen LogP contribution in [0.25, 0.3) is 0 Å². The minimum atomic E-state index is -0.772. The predicted octanol–water partition coefficient (Wildman–Crippen LogP) is 0.253. The van der Waals surface area contributed by atoms with Gasteiger partial charge in [0.25, 0.3) is 0 Å². The lowest BCUT2D eigenvalue weighted by molar-refractivity contribution is -0.142. The highest BCUT2D eigenvalue weighted by atomic mass is 32.2. The summed E-state index contributed by atoms with van der Waals surface area (Å²) in [6, 6.07) is 0. The summed E-state index contributed by atoms with van der Waals surface area (Å²) in [5, 5.41) is 12.6. The maximum Gasteiger partial charge on any atom is 0.319 e. The molecule has 4 nitrogen and oxygen atoms in total. The Kier molecular flexibility index (Phi) is 6.96. The molecule has 0 aliphatic rings. The lowest BCUT2D eigenvalue weighted by atomic mass is 10.1. The van der Waals surface area contributed by atoms with Gasteiger partial charge in [-0.3, -0.25) is 4.79 Å². The van der Waals surface area contributed by atoms with E-state index in [0.717, 1.165) is 0 Å². The molecular weight excluding hydrogens is 202 g/mol. The Labute approximate surface area is 89.4 Å². The maximum absolute atomic E-state index is 10.9. The van der Waals surface area contributed by atoms with Crippen molar-refractivity contribution in [3.63, 3.8) is 0 Å². The molecule has 0 fully saturated rings. The zero-order valence-electron chi connectivity index (χ0n) is 9.00. The van der Waals surface area contributed by atoms with E-state index in [1.54, 1.807) is 25.6 Å². The van der Waals surface area contributed by atoms with E-state index in [-0.39, 0.29) is 12.5 Å². The molecule has 0 saturated heterocycles. The number of ether oxygens (including phenoxy) is 1. The van der Waals surface area contributed by atoms with Crippen LogP contribution >= 0.6 is 11.8 Å². The van der Waals surface area contributed by atoms with E-state index >= 15 is 0 Å². The number of carbonyl (C=O) groups is 1. The van der Waals surface area contributed by atoms with E-state index in [0.29, 0.717) is 18.9 Å². The van der Waals surface area contributed by atoms with Gasteiger partial charge in [0.05, 0.1) is 18.8 Å². The molecule has 0 aromatic heterocycles. The number of esters is 1. The van der Waals surface area contributed by atoms with E-state index in [2.05, 4.69) is 5.32 Å². The standard InChI is InChI=1S/C9H19NO3S/c1-4-13-8(11)5-10-6-9(2,12)7-14-3/h10,12H,4-7H2,1-3H3. The molecule has 0 aliphatic heterocycles. The topological polar surface area (TPSA) is 58.6 Å². The number of nitrogens with one attached hydrogen (secondary N) is 1. The van der Waals surface area contributed by atoms with Gasteiger partial charge in [-0.2, -0.15) is 11.8 Å². The van der Waals surface area contributed by atoms with Crippen LogP contribution in [-0.4, -0.2) is 48.4 Å². The minimum absolute atomic E-state index is 0.151. The predicted molar refractivity (Wildman–Crippen MR) is 58.5 cm³/mol. The summed E-state index contributed by atoms with van der Waals surface area (Å²) in [6.07, 6.45) is 1.93. The van der Waals surface area contributed by atoms with E-state index < -0.39 is 5.60 Å². The Morgan fingerprint density at radius 2 is 2.29 bits per heavy atom. The van der Waals surface area contributed by atoms with Crippen molar-refractivity contribution in [2.45, 2.75) is 19.4 Å². The van der Waals surface area contributed by atoms with Gasteiger partial charge in [-0.1, -0.05) is 0 Å². The highest BCUT2D eigenvalue weighted by Crippen LogP contribution is 2.08. The smallest absolute Gasteiger partial charge is 0.319 e. The summed E-state index contributed by atoms with van der Waals surface area (Å²) >= 11 is 1.57. The van der Waals surface area contributed by atoms with Crippen LogP contribution in [0.5, 0.6) is 0 Å². The van der Waals surface area contributed by atoms with Gasteiger partial charge in [-0.05, 0) is 20.1 Å². The van der Waals surface area contributed by atoms with Crippen molar-refractivity contribution in [1.29, 1.82) is 0 Å². The van der Waals surface area contributed by atoms with Gasteiger partial charge in [0.15, 0.2) is 0 Å². The maximum atomic E-state index is 10.9. The molecule has 2 N–H and O–H groups in total. The Balaban J connectivity index is 3.57. The van der Waals surface area contributed by atoms with E-state index in [1.165, 1.54) is 0 Å². The Hall–Kier alpha value is -0.260. The molecule has 0 radical (unpaired) electrons. The van der Waals surface area contributed by atoms with Gasteiger partial charge in [0.2, 0.25) is 0 Å². The number of carbonyl (C=O) groups excluding carboxylic acids is 1. The third-order valence-electron chi connectivity index (χ3n) is 1.54. The van der Waals surface area contributed by atoms with Crippen LogP contribution < -0.4 is 5.32 Å². The highest BCUT2D eigenvalue weighted by molar-refractivity contribution is 7.98. The second-order valence-electron chi connectivity index (χ2n) is 3.34. The lowest BCUT2D eigenvalue weighted by Crippen LogP contribution is -2.42. The molecule has 1 unspecified atom stereocenters. The molecule has 0 heterocycles. The fourth-order valence-corrected chi connectivity index (χ4v) is 1.73. The zero-order chi connectivity index (χ0) is 11.0. The second-order valence-corrected chi connectivity index (χ2v) is 4.20. The Morgan fingerprint density at radius 3 is 2.79 bits per heavy atom. The molecule has 0 bridgehead atoms. The molecule has 0 aromatic carbocycles. The van der Waals surface area contributed by atoms with Gasteiger partial charge in [0.1, 0.15) is 0 Å². The first-order valence-corrected chi connectivity index (χ1v) is 5.99. The third-order valence-corrected chi connectivity index (χ3v) is 2.45. The van der Waals surface area contributed by atoms with E-state index in [1.807, 2.05) is 6.26 Å². The average Bonchev–Trinajstić information content (AvgIpc) is 2.03. The average molecular weight is 221 g/mol. The molecule has 0 aromatic rings. The van der Waals surface area contributed by atoms with Gasteiger partial charge in [0, 0.05) is 12.3 Å². The van der Waals surface area contributed by atoms with Crippen molar-refractivity contribution in [2.75, 3.05) is 31.7 Å². The lowest BCUT2D eigenvalue weighted by Gasteiger charge is -2.22. The van der Waals surface area contributed by atoms with Crippen LogP contribution in [0.2, 0.25) is 0 Å². The Morgan fingerprint density at radius 1 is 1.64 bits per heavy atom. The highest BCUT2D eigenvalue weighted by Gasteiger charge is 2.19. The van der Waals surface area contributed by atoms with Gasteiger partial charge in [-0.15, -0.1) is 0 Å². The summed E-state index contributed by atoms with van der Waals surface area (Å²) < 4.78 is 4.73. The molecule has 0 aliphatic carbocycles. The van der Waals surface area contributed by atoms with Crippen molar-refractivity contribution < 1.29 is 14.6 Å². The van der Waals surface area contributed by atoms with Crippen molar-refractivity contribution in [1.82, 2.24) is 5.32 Å². The summed E-state index contributed by atoms with van der Waals surface area (Å²) in [6.45, 7) is 4.44. The summed E-state index contributed by atoms with van der Waals surface area (Å²) in [5.41, 5.74) is -0.772. The molecule has 5 heteroatoms. The molecule has 0 saturated carbocycles. The van der Waals surface area contributed by atoms with E-state index in [4.69, 9.17) is 4.74 Å². The van der Waals surface area contributed by atoms with Crippen LogP contribution in [0.3, 0.4) is 0 Å². The Bertz CT molecular complexity index is 173. The van der Waals surface area contributed by atoms with Crippen molar-refractivity contribution in [2.24, 2.45) is 0 Å². The number of thioether (sulfide) groups is 1. The molecule has 84 valence electrons. The number of hydrogen-bond acceptors (Lipinski definition) is 5. The van der Waals surface area contributed by atoms with Crippen molar-refractivity contribution in [3.8, 4) is 0 Å². The van der Waals surface area contributed by atoms with Gasteiger partial charge >= 0.3 is 5.97 Å². The monoisotopic (exact) mass is 221 g/mol. The molecule has 0 amide bonds. The first-order valence-electron chi connectivity index (χ1n) is 4.59. The van der Waals surface area contributed by atoms with Crippen LogP contribution in [0.15, 0.2) is 0 Å². The largest absolute Gasteiger partial charge is 0.465 e. The van der Waals surface area contributed by atoms with Crippen LogP contribution in [0, 0.1) is 0 Å². The van der Waals surface area contributed by atoms with Crippen LogP contribution in [-0.2, 0) is 9.53 Å². The number of hydrogen-bond donors (Lipinski definition) is 2. The van der Waals surface area contributed by atoms with Crippen LogP contribution in [0.4, 0.5) is 0 Å². The molecule has 0 rings (SSSR count). The third kappa shape index (κ3) is 7.17. The van der Waals surface area contributed by atoms with Crippen LogP contribution in [0.1, 0.15) is 13.8 Å². The fourth-order valence-electron chi connectivity index (χ4n) is 1.01. The van der Waals surface area contributed by atoms with Crippen molar-refractivity contribution in [3.05, 3.63) is 0 Å². The zero-order valence-corrected chi connectivity index (χ0v) is 9.82. The van der Waals surface area contributed by atoms with Crippen molar-refractivity contribution >= 4 is 17.7 Å². The first kappa shape index (κ1) is 13.7. The summed E-state index contributed by atoms with van der Waals surface area (Å²) in [5.74, 6) is 0.357. The quantitative estimate of drug-likeness (QED) is 0.604. The van der Waals surface area contributed by atoms with Gasteiger partial charge in [-0.25, -0.2) is 0 Å². The molecule has 1 atom stereocenters. The fraction of sp³-hybridized carbons (Fsp3) is 0.889. The summed E-state index contributed by atoms with van der Waals surface area (Å²) in [4.78, 5) is 10.9. The normalized spacial score (nSPS) is 14.9. The van der Waals surface area contributed by atoms with Gasteiger partial charge < -0.3 is 15.2 Å². The minimum Gasteiger partial charge on any atom is -0.465 e. The molecule has 14 heavy (non-hydrogen) atoms. The SMILES string of the molecule is CCOC(=O)CNCC(C)(O)CSC. The number of aliphatic hydroxyl groups is 1. The first-order chi connectivity index (χ1) is 6.52. The molecule has 0 spiro atoms. The molecular formula is C9H19NO3S. The van der Waals surface area contributed by atoms with E-state index in [9.17, 15) is 9.90 Å². The second kappa shape index (κ2) is 7.09.